The summed E-state index contributed by atoms with van der Waals surface area (Å²) in [5.41, 5.74) is 2.92. The fourth-order valence-electron chi connectivity index (χ4n) is 3.25. The first-order valence-corrected chi connectivity index (χ1v) is 11.6. The predicted octanol–water partition coefficient (Wildman–Crippen LogP) is 4.55. The second kappa shape index (κ2) is 10.1. The average Bonchev–Trinajstić information content (AvgIpc) is 2.74. The number of hydrogen-bond donors (Lipinski definition) is 2. The Morgan fingerprint density at radius 3 is 2.23 bits per heavy atom. The molecule has 3 aromatic carbocycles. The molecule has 1 amide bonds. The predicted molar refractivity (Wildman–Crippen MR) is 121 cm³/mol. The van der Waals surface area contributed by atoms with Gasteiger partial charge in [-0.2, -0.15) is 0 Å². The number of hydrogen-bond acceptors (Lipinski definition) is 3. The van der Waals surface area contributed by atoms with Crippen molar-refractivity contribution in [3.05, 3.63) is 102 Å². The van der Waals surface area contributed by atoms with Crippen LogP contribution in [0.15, 0.2) is 84.9 Å². The lowest BCUT2D eigenvalue weighted by atomic mass is 9.98. The Morgan fingerprint density at radius 1 is 0.900 bits per heavy atom. The van der Waals surface area contributed by atoms with Gasteiger partial charge >= 0.3 is 0 Å². The first kappa shape index (κ1) is 21.6. The number of sulfonamides is 1. The van der Waals surface area contributed by atoms with Gasteiger partial charge in [0, 0.05) is 11.3 Å². The van der Waals surface area contributed by atoms with Crippen molar-refractivity contribution in [1.82, 2.24) is 5.32 Å². The molecular formula is C24H26N2O3S. The standard InChI is InChI=1S/C24H26N2O3S/c1-2-16-30(28,29)26-22-15-9-14-21(18-22)24(27)25-23(20-12-7-4-8-13-20)17-19-10-5-3-6-11-19/h3-15,18,23,26H,2,16-17H2,1H3,(H,25,27). The van der Waals surface area contributed by atoms with Crippen LogP contribution in [0, 0.1) is 0 Å². The number of carbonyl (C=O) groups excluding carboxylic acids is 1. The smallest absolute Gasteiger partial charge is 0.251 e. The van der Waals surface area contributed by atoms with Crippen LogP contribution >= 0.6 is 0 Å². The molecule has 0 saturated carbocycles. The van der Waals surface area contributed by atoms with Crippen LogP contribution < -0.4 is 10.0 Å². The van der Waals surface area contributed by atoms with Crippen LogP contribution in [0.4, 0.5) is 5.69 Å². The maximum absolute atomic E-state index is 13.0. The van der Waals surface area contributed by atoms with E-state index in [-0.39, 0.29) is 17.7 Å². The molecule has 0 aliphatic rings. The van der Waals surface area contributed by atoms with Crippen molar-refractivity contribution in [2.75, 3.05) is 10.5 Å². The van der Waals surface area contributed by atoms with Crippen LogP contribution in [0.25, 0.3) is 0 Å². The van der Waals surface area contributed by atoms with E-state index in [0.29, 0.717) is 24.1 Å². The molecule has 0 aliphatic heterocycles. The Labute approximate surface area is 178 Å². The third-order valence-corrected chi connectivity index (χ3v) is 6.15. The third-order valence-electron chi connectivity index (χ3n) is 4.66. The lowest BCUT2D eigenvalue weighted by Crippen LogP contribution is -2.30. The Bertz CT molecular complexity index is 1070. The highest BCUT2D eigenvalue weighted by Gasteiger charge is 2.17. The summed E-state index contributed by atoms with van der Waals surface area (Å²) < 4.78 is 26.6. The Morgan fingerprint density at radius 2 is 1.57 bits per heavy atom. The van der Waals surface area contributed by atoms with E-state index >= 15 is 0 Å². The van der Waals surface area contributed by atoms with E-state index in [1.807, 2.05) is 60.7 Å². The summed E-state index contributed by atoms with van der Waals surface area (Å²) in [5, 5.41) is 3.10. The SMILES string of the molecule is CCCS(=O)(=O)Nc1cccc(C(=O)NC(Cc2ccccc2)c2ccccc2)c1. The Balaban J connectivity index is 1.79. The number of rotatable bonds is 9. The van der Waals surface area contributed by atoms with Crippen molar-refractivity contribution in [1.29, 1.82) is 0 Å². The molecule has 0 saturated heterocycles. The summed E-state index contributed by atoms with van der Waals surface area (Å²) in [5.74, 6) is -0.215. The van der Waals surface area contributed by atoms with Crippen molar-refractivity contribution < 1.29 is 13.2 Å². The van der Waals surface area contributed by atoms with Crippen LogP contribution in [0.2, 0.25) is 0 Å². The zero-order valence-electron chi connectivity index (χ0n) is 16.9. The largest absolute Gasteiger partial charge is 0.345 e. The van der Waals surface area contributed by atoms with E-state index < -0.39 is 10.0 Å². The van der Waals surface area contributed by atoms with Gasteiger partial charge in [0.25, 0.3) is 5.91 Å². The lowest BCUT2D eigenvalue weighted by Gasteiger charge is -2.20. The summed E-state index contributed by atoms with van der Waals surface area (Å²) in [6.07, 6.45) is 1.17. The van der Waals surface area contributed by atoms with Gasteiger partial charge in [-0.05, 0) is 42.2 Å². The maximum Gasteiger partial charge on any atom is 0.251 e. The Hall–Kier alpha value is -3.12. The summed E-state index contributed by atoms with van der Waals surface area (Å²) in [6, 6.07) is 26.1. The highest BCUT2D eigenvalue weighted by Crippen LogP contribution is 2.20. The molecule has 30 heavy (non-hydrogen) atoms. The van der Waals surface area contributed by atoms with Gasteiger partial charge in [0.1, 0.15) is 0 Å². The van der Waals surface area contributed by atoms with Gasteiger partial charge in [-0.25, -0.2) is 8.42 Å². The summed E-state index contributed by atoms with van der Waals surface area (Å²) in [7, 11) is -3.42. The minimum Gasteiger partial charge on any atom is -0.345 e. The molecule has 1 atom stereocenters. The van der Waals surface area contributed by atoms with Gasteiger partial charge in [0.15, 0.2) is 0 Å². The molecular weight excluding hydrogens is 396 g/mol. The first-order chi connectivity index (χ1) is 14.5. The molecule has 0 radical (unpaired) electrons. The number of anilines is 1. The summed E-state index contributed by atoms with van der Waals surface area (Å²) >= 11 is 0. The second-order valence-corrected chi connectivity index (χ2v) is 8.97. The fourth-order valence-corrected chi connectivity index (χ4v) is 4.38. The van der Waals surface area contributed by atoms with Gasteiger partial charge in [-0.1, -0.05) is 73.7 Å². The minimum absolute atomic E-state index is 0.0383. The number of benzene rings is 3. The molecule has 2 N–H and O–H groups in total. The molecule has 0 spiro atoms. The number of carbonyl (C=O) groups is 1. The van der Waals surface area contributed by atoms with E-state index in [2.05, 4.69) is 10.0 Å². The van der Waals surface area contributed by atoms with Gasteiger partial charge in [0.2, 0.25) is 10.0 Å². The van der Waals surface area contributed by atoms with Crippen molar-refractivity contribution in [2.45, 2.75) is 25.8 Å². The Kier molecular flexibility index (Phi) is 7.25. The normalized spacial score (nSPS) is 12.2. The molecule has 0 heterocycles. The van der Waals surface area contributed by atoms with Gasteiger partial charge in [-0.3, -0.25) is 9.52 Å². The lowest BCUT2D eigenvalue weighted by molar-refractivity contribution is 0.0936. The fraction of sp³-hybridized carbons (Fsp3) is 0.208. The molecule has 3 aromatic rings. The highest BCUT2D eigenvalue weighted by molar-refractivity contribution is 7.92. The van der Waals surface area contributed by atoms with Crippen LogP contribution in [0.5, 0.6) is 0 Å². The van der Waals surface area contributed by atoms with Crippen molar-refractivity contribution >= 4 is 21.6 Å². The quantitative estimate of drug-likeness (QED) is 0.531. The summed E-state index contributed by atoms with van der Waals surface area (Å²) in [4.78, 5) is 13.0. The van der Waals surface area contributed by atoms with E-state index in [9.17, 15) is 13.2 Å². The minimum atomic E-state index is -3.42. The number of nitrogens with one attached hydrogen (secondary N) is 2. The molecule has 0 aromatic heterocycles. The molecule has 6 heteroatoms. The van der Waals surface area contributed by atoms with Crippen LogP contribution in [0.3, 0.4) is 0 Å². The first-order valence-electron chi connectivity index (χ1n) is 9.97. The van der Waals surface area contributed by atoms with Crippen LogP contribution in [0.1, 0.15) is 40.9 Å². The van der Waals surface area contributed by atoms with Crippen molar-refractivity contribution in [3.63, 3.8) is 0 Å². The van der Waals surface area contributed by atoms with Gasteiger partial charge < -0.3 is 5.32 Å². The van der Waals surface area contributed by atoms with Gasteiger partial charge in [-0.15, -0.1) is 0 Å². The molecule has 3 rings (SSSR count). The number of amides is 1. The molecule has 0 aliphatic carbocycles. The van der Waals surface area contributed by atoms with Gasteiger partial charge in [0.05, 0.1) is 11.8 Å². The van der Waals surface area contributed by atoms with Crippen LogP contribution in [-0.4, -0.2) is 20.1 Å². The molecule has 1 unspecified atom stereocenters. The van der Waals surface area contributed by atoms with Crippen LogP contribution in [-0.2, 0) is 16.4 Å². The zero-order valence-corrected chi connectivity index (χ0v) is 17.7. The van der Waals surface area contributed by atoms with E-state index in [0.717, 1.165) is 11.1 Å². The monoisotopic (exact) mass is 422 g/mol. The molecule has 0 bridgehead atoms. The summed E-state index contributed by atoms with van der Waals surface area (Å²) in [6.45, 7) is 1.81. The topological polar surface area (TPSA) is 75.3 Å². The van der Waals surface area contributed by atoms with E-state index in [4.69, 9.17) is 0 Å². The average molecular weight is 423 g/mol. The molecule has 0 fully saturated rings. The third kappa shape index (κ3) is 6.19. The molecule has 5 nitrogen and oxygen atoms in total. The van der Waals surface area contributed by atoms with E-state index in [1.165, 1.54) is 0 Å². The molecule has 156 valence electrons. The van der Waals surface area contributed by atoms with E-state index in [1.54, 1.807) is 31.2 Å². The zero-order chi connectivity index (χ0) is 21.4. The van der Waals surface area contributed by atoms with Crippen molar-refractivity contribution in [3.8, 4) is 0 Å². The highest BCUT2D eigenvalue weighted by atomic mass is 32.2. The second-order valence-electron chi connectivity index (χ2n) is 7.13. The van der Waals surface area contributed by atoms with Crippen molar-refractivity contribution in [2.24, 2.45) is 0 Å². The maximum atomic E-state index is 13.0.